The van der Waals surface area contributed by atoms with Crippen LogP contribution in [0.4, 0.5) is 0 Å². The highest BCUT2D eigenvalue weighted by Crippen LogP contribution is 2.53. The molecule has 2 N–H and O–H groups in total. The molecular formula is C21H20ClN5. The summed E-state index contributed by atoms with van der Waals surface area (Å²) in [5.74, 6) is -0.573. The highest BCUT2D eigenvalue weighted by molar-refractivity contribution is 6.31. The molecule has 0 unspecified atom stereocenters. The van der Waals surface area contributed by atoms with Crippen LogP contribution in [0.2, 0.25) is 5.02 Å². The molecule has 0 saturated carbocycles. The molecule has 1 aliphatic carbocycles. The third-order valence-electron chi connectivity index (χ3n) is 5.50. The maximum Gasteiger partial charge on any atom is 0.204 e. The average Bonchev–Trinajstić information content (AvgIpc) is 2.69. The van der Waals surface area contributed by atoms with Crippen molar-refractivity contribution in [2.75, 3.05) is 19.6 Å². The van der Waals surface area contributed by atoms with Crippen LogP contribution < -0.4 is 5.73 Å². The van der Waals surface area contributed by atoms with Gasteiger partial charge >= 0.3 is 0 Å². The van der Waals surface area contributed by atoms with Crippen LogP contribution in [0.5, 0.6) is 0 Å². The van der Waals surface area contributed by atoms with Crippen molar-refractivity contribution in [3.63, 3.8) is 0 Å². The molecule has 2 aliphatic rings. The van der Waals surface area contributed by atoms with Crippen molar-refractivity contribution >= 4 is 11.6 Å². The van der Waals surface area contributed by atoms with E-state index in [1.165, 1.54) is 0 Å². The summed E-state index contributed by atoms with van der Waals surface area (Å²) in [6.07, 6.45) is 2.94. The molecule has 1 aliphatic heterocycles. The second-order valence-electron chi connectivity index (χ2n) is 6.94. The van der Waals surface area contributed by atoms with Crippen molar-refractivity contribution < 1.29 is 0 Å². The Bertz CT molecular complexity index is 927. The lowest BCUT2D eigenvalue weighted by molar-refractivity contribution is 0.225. The van der Waals surface area contributed by atoms with Crippen molar-refractivity contribution in [3.05, 3.63) is 57.8 Å². The van der Waals surface area contributed by atoms with Gasteiger partial charge in [-0.15, -0.1) is 0 Å². The predicted molar refractivity (Wildman–Crippen MR) is 103 cm³/mol. The first-order chi connectivity index (χ1) is 13.0. The highest BCUT2D eigenvalue weighted by Gasteiger charge is 2.52. The lowest BCUT2D eigenvalue weighted by Gasteiger charge is -2.45. The fraction of sp³-hybridized carbons (Fsp3) is 0.381. The van der Waals surface area contributed by atoms with Crippen LogP contribution in [0.15, 0.2) is 47.2 Å². The van der Waals surface area contributed by atoms with E-state index in [-0.39, 0.29) is 23.1 Å². The van der Waals surface area contributed by atoms with E-state index in [9.17, 15) is 15.8 Å². The Morgan fingerprint density at radius 2 is 1.96 bits per heavy atom. The highest BCUT2D eigenvalue weighted by atomic mass is 35.5. The first-order valence-electron chi connectivity index (χ1n) is 8.94. The fourth-order valence-corrected chi connectivity index (χ4v) is 4.53. The molecule has 0 saturated heterocycles. The summed E-state index contributed by atoms with van der Waals surface area (Å²) in [6.45, 7) is 4.33. The zero-order chi connectivity index (χ0) is 19.6. The summed E-state index contributed by atoms with van der Waals surface area (Å²) < 4.78 is 0. The van der Waals surface area contributed by atoms with E-state index in [4.69, 9.17) is 17.3 Å². The van der Waals surface area contributed by atoms with Gasteiger partial charge in [0.2, 0.25) is 5.41 Å². The van der Waals surface area contributed by atoms with Gasteiger partial charge in [0.1, 0.15) is 0 Å². The van der Waals surface area contributed by atoms with Gasteiger partial charge in [-0.25, -0.2) is 0 Å². The maximum atomic E-state index is 9.88. The van der Waals surface area contributed by atoms with E-state index < -0.39 is 5.41 Å². The molecule has 136 valence electrons. The summed E-state index contributed by atoms with van der Waals surface area (Å²) in [5.41, 5.74) is 6.49. The first kappa shape index (κ1) is 19.0. The van der Waals surface area contributed by atoms with Gasteiger partial charge in [0, 0.05) is 29.9 Å². The summed E-state index contributed by atoms with van der Waals surface area (Å²) in [4.78, 5) is 2.27. The van der Waals surface area contributed by atoms with E-state index in [0.29, 0.717) is 23.7 Å². The SMILES string of the molecule is CCCN1CC=C2[C@H](C1)[C@H](c1ccccc1Cl)C(C#N)=C(N)C2(C#N)C#N. The number of nitriles is 3. The van der Waals surface area contributed by atoms with E-state index in [1.54, 1.807) is 6.07 Å². The molecule has 0 amide bonds. The number of hydrogen-bond acceptors (Lipinski definition) is 5. The fourth-order valence-electron chi connectivity index (χ4n) is 4.27. The number of nitrogens with two attached hydrogens (primary N) is 1. The van der Waals surface area contributed by atoms with Crippen molar-refractivity contribution in [1.82, 2.24) is 4.90 Å². The van der Waals surface area contributed by atoms with Crippen molar-refractivity contribution in [1.29, 1.82) is 15.8 Å². The molecule has 2 atom stereocenters. The molecule has 1 aromatic rings. The molecule has 27 heavy (non-hydrogen) atoms. The van der Waals surface area contributed by atoms with Gasteiger partial charge in [-0.05, 0) is 30.2 Å². The Hall–Kier alpha value is -2.78. The number of benzene rings is 1. The van der Waals surface area contributed by atoms with E-state index >= 15 is 0 Å². The first-order valence-corrected chi connectivity index (χ1v) is 9.31. The van der Waals surface area contributed by atoms with Gasteiger partial charge < -0.3 is 5.73 Å². The van der Waals surface area contributed by atoms with Crippen LogP contribution in [0.1, 0.15) is 24.8 Å². The number of hydrogen-bond donors (Lipinski definition) is 1. The number of rotatable bonds is 3. The van der Waals surface area contributed by atoms with Gasteiger partial charge in [-0.2, -0.15) is 15.8 Å². The third kappa shape index (κ3) is 2.88. The molecule has 0 spiro atoms. The van der Waals surface area contributed by atoms with Crippen LogP contribution in [0.3, 0.4) is 0 Å². The smallest absolute Gasteiger partial charge is 0.204 e. The topological polar surface area (TPSA) is 101 Å². The quantitative estimate of drug-likeness (QED) is 0.812. The second-order valence-corrected chi connectivity index (χ2v) is 7.34. The van der Waals surface area contributed by atoms with Crippen LogP contribution >= 0.6 is 11.6 Å². The van der Waals surface area contributed by atoms with Crippen LogP contribution in [0, 0.1) is 45.3 Å². The normalized spacial score (nSPS) is 24.2. The Labute approximate surface area is 164 Å². The molecular weight excluding hydrogens is 358 g/mol. The van der Waals surface area contributed by atoms with Crippen LogP contribution in [-0.4, -0.2) is 24.5 Å². The maximum absolute atomic E-state index is 9.88. The Morgan fingerprint density at radius 1 is 1.26 bits per heavy atom. The Balaban J connectivity index is 2.28. The average molecular weight is 378 g/mol. The molecule has 6 heteroatoms. The lowest BCUT2D eigenvalue weighted by Crippen LogP contribution is -2.47. The van der Waals surface area contributed by atoms with Crippen molar-refractivity contribution in [3.8, 4) is 18.2 Å². The van der Waals surface area contributed by atoms with Gasteiger partial charge in [0.05, 0.1) is 29.5 Å². The van der Waals surface area contributed by atoms with E-state index in [2.05, 4.69) is 30.0 Å². The van der Waals surface area contributed by atoms with Crippen LogP contribution in [0.25, 0.3) is 0 Å². The number of nitrogens with zero attached hydrogens (tertiary/aromatic N) is 4. The second kappa shape index (κ2) is 7.45. The number of allylic oxidation sites excluding steroid dienone is 2. The number of fused-ring (bicyclic) bond motifs is 1. The minimum atomic E-state index is -1.59. The van der Waals surface area contributed by atoms with Gasteiger partial charge in [0.25, 0.3) is 0 Å². The van der Waals surface area contributed by atoms with Gasteiger partial charge in [0.15, 0.2) is 0 Å². The molecule has 0 aromatic heterocycles. The summed E-state index contributed by atoms with van der Waals surface area (Å²) in [7, 11) is 0. The van der Waals surface area contributed by atoms with Crippen molar-refractivity contribution in [2.24, 2.45) is 17.1 Å². The van der Waals surface area contributed by atoms with E-state index in [0.717, 1.165) is 18.5 Å². The summed E-state index contributed by atoms with van der Waals surface area (Å²) in [6, 6.07) is 13.8. The molecule has 3 rings (SSSR count). The molecule has 5 nitrogen and oxygen atoms in total. The van der Waals surface area contributed by atoms with Gasteiger partial charge in [-0.3, -0.25) is 4.90 Å². The molecule has 0 fully saturated rings. The monoisotopic (exact) mass is 377 g/mol. The standard InChI is InChI=1S/C21H20ClN5/c1-2-8-27-9-7-17-16(11-27)19(14-5-3-4-6-18(14)22)15(10-23)20(26)21(17,12-24)13-25/h3-7,16,19H,2,8-9,11,26H2,1H3/t16-,19+/m0/s1. The minimum absolute atomic E-state index is 0.0337. The summed E-state index contributed by atoms with van der Waals surface area (Å²) >= 11 is 6.46. The zero-order valence-corrected chi connectivity index (χ0v) is 15.9. The zero-order valence-electron chi connectivity index (χ0n) is 15.1. The van der Waals surface area contributed by atoms with Crippen molar-refractivity contribution in [2.45, 2.75) is 19.3 Å². The van der Waals surface area contributed by atoms with Crippen LogP contribution in [-0.2, 0) is 0 Å². The minimum Gasteiger partial charge on any atom is -0.399 e. The van der Waals surface area contributed by atoms with E-state index in [1.807, 2.05) is 24.3 Å². The molecule has 0 radical (unpaired) electrons. The number of halogens is 1. The molecule has 1 heterocycles. The largest absolute Gasteiger partial charge is 0.399 e. The Kier molecular flexibility index (Phi) is 5.24. The molecule has 0 bridgehead atoms. The molecule has 1 aromatic carbocycles. The Morgan fingerprint density at radius 3 is 2.56 bits per heavy atom. The predicted octanol–water partition coefficient (Wildman–Crippen LogP) is 3.48. The summed E-state index contributed by atoms with van der Waals surface area (Å²) in [5, 5.41) is 30.2. The lowest BCUT2D eigenvalue weighted by atomic mass is 9.60. The van der Waals surface area contributed by atoms with Gasteiger partial charge in [-0.1, -0.05) is 42.8 Å². The third-order valence-corrected chi connectivity index (χ3v) is 5.84.